The molecule has 8 heavy (non-hydrogen) atoms. The molecule has 0 saturated carbocycles. The van der Waals surface area contributed by atoms with E-state index in [4.69, 9.17) is 0 Å². The molecule has 0 aliphatic carbocycles. The van der Waals surface area contributed by atoms with Crippen LogP contribution in [0.2, 0.25) is 6.04 Å². The lowest BCUT2D eigenvalue weighted by atomic mass is 10.8. The van der Waals surface area contributed by atoms with E-state index in [1.54, 1.807) is 0 Å². The zero-order valence-corrected chi connectivity index (χ0v) is 6.06. The third-order valence-electron chi connectivity index (χ3n) is 0.904. The highest BCUT2D eigenvalue weighted by Crippen LogP contribution is 1.93. The van der Waals surface area contributed by atoms with Gasteiger partial charge in [-0.05, 0) is 6.04 Å². The van der Waals surface area contributed by atoms with Gasteiger partial charge in [0.2, 0.25) is 0 Å². The first-order valence-corrected chi connectivity index (χ1v) is 4.43. The largest absolute Gasteiger partial charge is 0.107 e. The third-order valence-corrected chi connectivity index (χ3v) is 2.71. The first kappa shape index (κ1) is 7.44. The molecule has 0 heterocycles. The summed E-state index contributed by atoms with van der Waals surface area (Å²) >= 11 is 0. The Morgan fingerprint density at radius 2 is 1.62 bits per heavy atom. The van der Waals surface area contributed by atoms with Crippen molar-refractivity contribution in [3.63, 3.8) is 0 Å². The Balaban J connectivity index is 3.50. The summed E-state index contributed by atoms with van der Waals surface area (Å²) in [4.78, 5) is 0. The van der Waals surface area contributed by atoms with Crippen LogP contribution in [0.1, 0.15) is 0 Å². The van der Waals surface area contributed by atoms with Crippen molar-refractivity contribution in [3.05, 3.63) is 37.2 Å². The Kier molecular flexibility index (Phi) is 4.27. The monoisotopic (exact) mass is 123 g/mol. The van der Waals surface area contributed by atoms with Crippen LogP contribution >= 0.6 is 0 Å². The second-order valence-corrected chi connectivity index (χ2v) is 3.85. The van der Waals surface area contributed by atoms with Crippen LogP contribution in [-0.2, 0) is 0 Å². The predicted octanol–water partition coefficient (Wildman–Crippen LogP) is 2.12. The van der Waals surface area contributed by atoms with Crippen LogP contribution in [0.3, 0.4) is 0 Å². The Hall–Kier alpha value is -0.563. The molecule has 0 aromatic rings. The molecule has 0 aliphatic heterocycles. The third kappa shape index (κ3) is 2.58. The first-order chi connectivity index (χ1) is 3.85. The van der Waals surface area contributed by atoms with Gasteiger partial charge in [0.05, 0.1) is 0 Å². The average molecular weight is 123 g/mol. The van der Waals surface area contributed by atoms with Crippen molar-refractivity contribution in [1.29, 1.82) is 0 Å². The minimum atomic E-state index is -0.465. The molecule has 0 aromatic heterocycles. The van der Waals surface area contributed by atoms with Crippen molar-refractivity contribution >= 4 is 8.80 Å². The lowest BCUT2D eigenvalue weighted by Gasteiger charge is -1.94. The molecule has 0 unspecified atom stereocenters. The van der Waals surface area contributed by atoms with Crippen molar-refractivity contribution in [2.24, 2.45) is 0 Å². The topological polar surface area (TPSA) is 0 Å². The lowest BCUT2D eigenvalue weighted by Crippen LogP contribution is -2.00. The number of hydrogen-bond donors (Lipinski definition) is 0. The van der Waals surface area contributed by atoms with E-state index in [1.165, 1.54) is 0 Å². The van der Waals surface area contributed by atoms with E-state index in [0.29, 0.717) is 0 Å². The second-order valence-electron chi connectivity index (χ2n) is 1.48. The summed E-state index contributed by atoms with van der Waals surface area (Å²) < 4.78 is 0. The standard InChI is InChI=1S/C7H11Si/c1-4-7-8(5-2)6-3/h4-6H,1-3,7H2. The summed E-state index contributed by atoms with van der Waals surface area (Å²) in [6.45, 7) is 11.0. The maximum atomic E-state index is 3.68. The highest BCUT2D eigenvalue weighted by atomic mass is 28.3. The number of rotatable bonds is 4. The Morgan fingerprint density at radius 1 is 1.12 bits per heavy atom. The minimum absolute atomic E-state index is 0.465. The van der Waals surface area contributed by atoms with Crippen molar-refractivity contribution in [3.8, 4) is 0 Å². The SMILES string of the molecule is C=CC[Si](C=C)C=C. The van der Waals surface area contributed by atoms with E-state index in [9.17, 15) is 0 Å². The van der Waals surface area contributed by atoms with E-state index in [2.05, 4.69) is 19.7 Å². The van der Waals surface area contributed by atoms with E-state index >= 15 is 0 Å². The summed E-state index contributed by atoms with van der Waals surface area (Å²) in [7, 11) is -0.465. The van der Waals surface area contributed by atoms with Gasteiger partial charge in [-0.25, -0.2) is 0 Å². The summed E-state index contributed by atoms with van der Waals surface area (Å²) in [5, 5.41) is 0. The highest BCUT2D eigenvalue weighted by molar-refractivity contribution is 6.69. The van der Waals surface area contributed by atoms with Crippen molar-refractivity contribution in [2.45, 2.75) is 6.04 Å². The molecule has 43 valence electrons. The van der Waals surface area contributed by atoms with Gasteiger partial charge in [-0.15, -0.1) is 19.7 Å². The molecule has 0 atom stereocenters. The molecule has 0 aromatic carbocycles. The fourth-order valence-corrected chi connectivity index (χ4v) is 1.25. The maximum absolute atomic E-state index is 3.68. The molecular weight excluding hydrogens is 112 g/mol. The molecule has 0 amide bonds. The Bertz CT molecular complexity index is 86.6. The number of hydrogen-bond acceptors (Lipinski definition) is 0. The maximum Gasteiger partial charge on any atom is 0.106 e. The quantitative estimate of drug-likeness (QED) is 0.397. The van der Waals surface area contributed by atoms with Gasteiger partial charge in [0, 0.05) is 0 Å². The van der Waals surface area contributed by atoms with Gasteiger partial charge in [-0.3, -0.25) is 0 Å². The summed E-state index contributed by atoms with van der Waals surface area (Å²) in [6.07, 6.45) is 1.91. The molecule has 0 rings (SSSR count). The van der Waals surface area contributed by atoms with E-state index < -0.39 is 8.80 Å². The van der Waals surface area contributed by atoms with Crippen molar-refractivity contribution in [2.75, 3.05) is 0 Å². The molecule has 0 N–H and O–H groups in total. The zero-order chi connectivity index (χ0) is 6.41. The summed E-state index contributed by atoms with van der Waals surface area (Å²) in [5.41, 5.74) is 3.94. The van der Waals surface area contributed by atoms with Gasteiger partial charge in [-0.2, -0.15) is 0 Å². The lowest BCUT2D eigenvalue weighted by molar-refractivity contribution is 1.69. The van der Waals surface area contributed by atoms with Gasteiger partial charge in [0.1, 0.15) is 8.80 Å². The van der Waals surface area contributed by atoms with Crippen LogP contribution in [0.15, 0.2) is 37.2 Å². The van der Waals surface area contributed by atoms with Crippen LogP contribution in [0.5, 0.6) is 0 Å². The smallest absolute Gasteiger partial charge is 0.106 e. The van der Waals surface area contributed by atoms with E-state index in [-0.39, 0.29) is 0 Å². The van der Waals surface area contributed by atoms with Gasteiger partial charge in [-0.1, -0.05) is 17.5 Å². The molecule has 0 aliphatic rings. The summed E-state index contributed by atoms with van der Waals surface area (Å²) in [5.74, 6) is 0. The zero-order valence-electron chi connectivity index (χ0n) is 5.06. The first-order valence-electron chi connectivity index (χ1n) is 2.56. The van der Waals surface area contributed by atoms with Gasteiger partial charge in [0.25, 0.3) is 0 Å². The molecule has 1 radical (unpaired) electrons. The van der Waals surface area contributed by atoms with Gasteiger partial charge >= 0.3 is 0 Å². The summed E-state index contributed by atoms with van der Waals surface area (Å²) in [6, 6.07) is 1.05. The number of allylic oxidation sites excluding steroid dienone is 1. The highest BCUT2D eigenvalue weighted by Gasteiger charge is 1.94. The van der Waals surface area contributed by atoms with Crippen molar-refractivity contribution < 1.29 is 0 Å². The van der Waals surface area contributed by atoms with Crippen LogP contribution in [0, 0.1) is 0 Å². The molecule has 1 heteroatoms. The molecule has 0 bridgehead atoms. The fourth-order valence-electron chi connectivity index (χ4n) is 0.417. The Labute approximate surface area is 52.8 Å². The molecule has 0 spiro atoms. The van der Waals surface area contributed by atoms with Crippen LogP contribution < -0.4 is 0 Å². The van der Waals surface area contributed by atoms with E-state index in [0.717, 1.165) is 6.04 Å². The fraction of sp³-hybridized carbons (Fsp3) is 0.143. The van der Waals surface area contributed by atoms with Gasteiger partial charge in [0.15, 0.2) is 0 Å². The van der Waals surface area contributed by atoms with Crippen LogP contribution in [-0.4, -0.2) is 8.80 Å². The average Bonchev–Trinajstić information content (AvgIpc) is 1.83. The van der Waals surface area contributed by atoms with Crippen LogP contribution in [0.4, 0.5) is 0 Å². The predicted molar refractivity (Wildman–Crippen MR) is 41.2 cm³/mol. The molecule has 0 fully saturated rings. The normalized spacial score (nSPS) is 8.62. The van der Waals surface area contributed by atoms with E-state index in [1.807, 2.05) is 17.5 Å². The Morgan fingerprint density at radius 3 is 1.75 bits per heavy atom. The molecule has 0 saturated heterocycles. The minimum Gasteiger partial charge on any atom is -0.107 e. The van der Waals surface area contributed by atoms with Gasteiger partial charge < -0.3 is 0 Å². The molecule has 0 nitrogen and oxygen atoms in total. The second kappa shape index (κ2) is 4.59. The van der Waals surface area contributed by atoms with Crippen LogP contribution in [0.25, 0.3) is 0 Å². The van der Waals surface area contributed by atoms with Crippen molar-refractivity contribution in [1.82, 2.24) is 0 Å². The molecular formula is C7H11Si.